The molecular weight excluding hydrogens is 446 g/mol. The van der Waals surface area contributed by atoms with E-state index in [0.29, 0.717) is 33.4 Å². The Balaban J connectivity index is 1.57. The monoisotopic (exact) mass is 467 g/mol. The summed E-state index contributed by atoms with van der Waals surface area (Å²) >= 11 is 1.15. The van der Waals surface area contributed by atoms with Gasteiger partial charge in [0.05, 0.1) is 5.69 Å². The molecule has 0 bridgehead atoms. The first-order chi connectivity index (χ1) is 16.5. The predicted molar refractivity (Wildman–Crippen MR) is 134 cm³/mol. The molecule has 0 fully saturated rings. The maximum absolute atomic E-state index is 13.2. The van der Waals surface area contributed by atoms with Crippen molar-refractivity contribution in [2.24, 2.45) is 0 Å². The third kappa shape index (κ3) is 5.33. The number of nitrogens with zero attached hydrogens (tertiary/aromatic N) is 1. The second kappa shape index (κ2) is 10.5. The summed E-state index contributed by atoms with van der Waals surface area (Å²) in [7, 11) is 0. The molecule has 2 amide bonds. The number of amides is 2. The number of thiazole rings is 1. The van der Waals surface area contributed by atoms with Crippen molar-refractivity contribution in [3.05, 3.63) is 119 Å². The Hall–Kier alpha value is -4.36. The molecule has 2 N–H and O–H groups in total. The van der Waals surface area contributed by atoms with Gasteiger partial charge in [0.25, 0.3) is 5.91 Å². The lowest BCUT2D eigenvalue weighted by molar-refractivity contribution is -0.116. The first-order valence-electron chi connectivity index (χ1n) is 10.5. The molecule has 34 heavy (non-hydrogen) atoms. The van der Waals surface area contributed by atoms with Crippen molar-refractivity contribution in [3.8, 4) is 11.3 Å². The minimum absolute atomic E-state index is 0.150. The molecule has 0 spiro atoms. The van der Waals surface area contributed by atoms with Crippen molar-refractivity contribution in [3.63, 3.8) is 0 Å². The fourth-order valence-corrected chi connectivity index (χ4v) is 4.19. The number of aromatic nitrogens is 1. The number of benzene rings is 3. The lowest BCUT2D eigenvalue weighted by Crippen LogP contribution is -2.20. The molecule has 168 valence electrons. The van der Waals surface area contributed by atoms with E-state index in [1.165, 1.54) is 6.08 Å². The minimum Gasteiger partial charge on any atom is -0.348 e. The second-order valence-corrected chi connectivity index (χ2v) is 8.33. The third-order valence-corrected chi connectivity index (χ3v) is 5.97. The Morgan fingerprint density at radius 3 is 2.15 bits per heavy atom. The zero-order valence-corrected chi connectivity index (χ0v) is 19.0. The molecule has 0 aliphatic heterocycles. The van der Waals surface area contributed by atoms with Gasteiger partial charge in [-0.05, 0) is 23.8 Å². The summed E-state index contributed by atoms with van der Waals surface area (Å²) in [5.41, 5.74) is 3.17. The quantitative estimate of drug-likeness (QED) is 0.279. The Labute approximate surface area is 201 Å². The summed E-state index contributed by atoms with van der Waals surface area (Å²) in [6.07, 6.45) is 1.20. The van der Waals surface area contributed by atoms with Crippen molar-refractivity contribution < 1.29 is 14.4 Å². The number of hydrogen-bond donors (Lipinski definition) is 2. The lowest BCUT2D eigenvalue weighted by Gasteiger charge is -2.05. The smallest absolute Gasteiger partial charge is 0.257 e. The molecule has 0 unspecified atom stereocenters. The molecule has 0 aliphatic rings. The van der Waals surface area contributed by atoms with Gasteiger partial charge in [-0.3, -0.25) is 19.7 Å². The van der Waals surface area contributed by atoms with Gasteiger partial charge in [-0.25, -0.2) is 4.98 Å². The number of ketones is 1. The van der Waals surface area contributed by atoms with Crippen LogP contribution in [0.4, 0.5) is 5.13 Å². The van der Waals surface area contributed by atoms with Crippen LogP contribution in [-0.4, -0.2) is 22.6 Å². The molecule has 3 aromatic carbocycles. The zero-order chi connectivity index (χ0) is 23.9. The molecular formula is C27H21N3O3S. The molecule has 0 saturated heterocycles. The van der Waals surface area contributed by atoms with E-state index in [0.717, 1.165) is 22.5 Å². The Bertz CT molecular complexity index is 1330. The molecule has 0 saturated carbocycles. The molecule has 4 aromatic rings. The molecule has 6 nitrogen and oxygen atoms in total. The largest absolute Gasteiger partial charge is 0.348 e. The summed E-state index contributed by atoms with van der Waals surface area (Å²) < 4.78 is 0. The summed E-state index contributed by atoms with van der Waals surface area (Å²) in [6, 6.07) is 25.3. The van der Waals surface area contributed by atoms with Crippen LogP contribution in [0.5, 0.6) is 0 Å². The number of nitrogens with one attached hydrogen (secondary N) is 2. The number of anilines is 1. The van der Waals surface area contributed by atoms with Gasteiger partial charge < -0.3 is 5.32 Å². The van der Waals surface area contributed by atoms with E-state index in [2.05, 4.69) is 22.2 Å². The molecule has 0 radical (unpaired) electrons. The maximum Gasteiger partial charge on any atom is 0.257 e. The molecule has 0 aliphatic carbocycles. The Morgan fingerprint density at radius 2 is 1.50 bits per heavy atom. The summed E-state index contributed by atoms with van der Waals surface area (Å²) in [5, 5.41) is 5.83. The van der Waals surface area contributed by atoms with Crippen LogP contribution in [-0.2, 0) is 11.3 Å². The highest BCUT2D eigenvalue weighted by Gasteiger charge is 2.22. The van der Waals surface area contributed by atoms with Gasteiger partial charge in [-0.2, -0.15) is 0 Å². The van der Waals surface area contributed by atoms with Gasteiger partial charge in [0.1, 0.15) is 4.88 Å². The maximum atomic E-state index is 13.2. The predicted octanol–water partition coefficient (Wildman–Crippen LogP) is 5.10. The average Bonchev–Trinajstić information content (AvgIpc) is 3.31. The minimum atomic E-state index is -0.339. The highest BCUT2D eigenvalue weighted by molar-refractivity contribution is 7.18. The highest BCUT2D eigenvalue weighted by Crippen LogP contribution is 2.33. The van der Waals surface area contributed by atoms with Gasteiger partial charge in [0.15, 0.2) is 5.13 Å². The summed E-state index contributed by atoms with van der Waals surface area (Å²) in [6.45, 7) is 3.75. The fourth-order valence-electron chi connectivity index (χ4n) is 3.24. The zero-order valence-electron chi connectivity index (χ0n) is 18.2. The van der Waals surface area contributed by atoms with Crippen LogP contribution in [0.15, 0.2) is 97.6 Å². The van der Waals surface area contributed by atoms with Crippen molar-refractivity contribution in [2.75, 3.05) is 5.32 Å². The lowest BCUT2D eigenvalue weighted by atomic mass is 10.1. The Kier molecular flexibility index (Phi) is 7.05. The SMILES string of the molecule is C=CC(=O)NCc1ccc(C(=O)Nc2nc(-c3ccccc3)c(C(=O)c3ccccc3)s2)cc1. The van der Waals surface area contributed by atoms with Gasteiger partial charge in [0, 0.05) is 23.2 Å². The van der Waals surface area contributed by atoms with Crippen molar-refractivity contribution in [1.29, 1.82) is 0 Å². The summed E-state index contributed by atoms with van der Waals surface area (Å²) in [4.78, 5) is 42.4. The van der Waals surface area contributed by atoms with Gasteiger partial charge in [-0.15, -0.1) is 0 Å². The van der Waals surface area contributed by atoms with E-state index in [1.807, 2.05) is 48.5 Å². The molecule has 1 aromatic heterocycles. The molecule has 4 rings (SSSR count). The third-order valence-electron chi connectivity index (χ3n) is 5.01. The topological polar surface area (TPSA) is 88.2 Å². The fraction of sp³-hybridized carbons (Fsp3) is 0.0370. The number of carbonyl (C=O) groups excluding carboxylic acids is 3. The summed E-state index contributed by atoms with van der Waals surface area (Å²) in [5.74, 6) is -0.752. The second-order valence-electron chi connectivity index (χ2n) is 7.33. The van der Waals surface area contributed by atoms with Gasteiger partial charge >= 0.3 is 0 Å². The van der Waals surface area contributed by atoms with E-state index in [-0.39, 0.29) is 17.6 Å². The van der Waals surface area contributed by atoms with Crippen molar-refractivity contribution in [2.45, 2.75) is 6.54 Å². The van der Waals surface area contributed by atoms with E-state index < -0.39 is 0 Å². The van der Waals surface area contributed by atoms with Crippen LogP contribution in [0.2, 0.25) is 0 Å². The standard InChI is InChI=1S/C27H21N3O3S/c1-2-22(31)28-17-18-13-15-21(16-14-18)26(33)30-27-29-23(19-9-5-3-6-10-19)25(34-27)24(32)20-11-7-4-8-12-20/h2-16H,1,17H2,(H,28,31)(H,29,30,33). The van der Waals surface area contributed by atoms with Crippen LogP contribution in [0.1, 0.15) is 31.2 Å². The van der Waals surface area contributed by atoms with Crippen LogP contribution in [0, 0.1) is 0 Å². The van der Waals surface area contributed by atoms with E-state index in [9.17, 15) is 14.4 Å². The average molecular weight is 468 g/mol. The van der Waals surface area contributed by atoms with E-state index >= 15 is 0 Å². The van der Waals surface area contributed by atoms with Gasteiger partial charge in [0.2, 0.25) is 11.7 Å². The van der Waals surface area contributed by atoms with Gasteiger partial charge in [-0.1, -0.05) is 90.7 Å². The van der Waals surface area contributed by atoms with Crippen molar-refractivity contribution >= 4 is 34.1 Å². The molecule has 1 heterocycles. The van der Waals surface area contributed by atoms with Crippen LogP contribution in [0.3, 0.4) is 0 Å². The van der Waals surface area contributed by atoms with E-state index in [1.54, 1.807) is 36.4 Å². The normalized spacial score (nSPS) is 10.4. The van der Waals surface area contributed by atoms with Crippen LogP contribution < -0.4 is 10.6 Å². The van der Waals surface area contributed by atoms with Crippen LogP contribution in [0.25, 0.3) is 11.3 Å². The number of rotatable bonds is 8. The van der Waals surface area contributed by atoms with Crippen molar-refractivity contribution in [1.82, 2.24) is 10.3 Å². The Morgan fingerprint density at radius 1 is 0.853 bits per heavy atom. The molecule has 0 atom stereocenters. The van der Waals surface area contributed by atoms with Crippen LogP contribution >= 0.6 is 11.3 Å². The number of hydrogen-bond acceptors (Lipinski definition) is 5. The number of carbonyl (C=O) groups is 3. The first-order valence-corrected chi connectivity index (χ1v) is 11.3. The first kappa shape index (κ1) is 22.8. The highest BCUT2D eigenvalue weighted by atomic mass is 32.1. The molecule has 7 heteroatoms. The van der Waals surface area contributed by atoms with E-state index in [4.69, 9.17) is 0 Å².